The third kappa shape index (κ3) is 3.50. The van der Waals surface area contributed by atoms with Gasteiger partial charge in [-0.1, -0.05) is 6.07 Å². The molecule has 0 atom stereocenters. The van der Waals surface area contributed by atoms with Gasteiger partial charge in [0.15, 0.2) is 0 Å². The van der Waals surface area contributed by atoms with Gasteiger partial charge in [0.05, 0.1) is 12.5 Å². The largest absolute Gasteiger partial charge is 0.508 e. The van der Waals surface area contributed by atoms with E-state index in [4.69, 9.17) is 9.84 Å². The molecule has 0 unspecified atom stereocenters. The van der Waals surface area contributed by atoms with Crippen molar-refractivity contribution in [3.05, 3.63) is 23.8 Å². The van der Waals surface area contributed by atoms with Gasteiger partial charge in [0, 0.05) is 11.6 Å². The van der Waals surface area contributed by atoms with Crippen LogP contribution in [0.25, 0.3) is 0 Å². The predicted octanol–water partition coefficient (Wildman–Crippen LogP) is 1.81. The molecule has 0 spiro atoms. The highest BCUT2D eigenvalue weighted by Gasteiger charge is 2.07. The Balaban J connectivity index is 2.83. The van der Waals surface area contributed by atoms with Gasteiger partial charge in [0.2, 0.25) is 0 Å². The van der Waals surface area contributed by atoms with Crippen molar-refractivity contribution in [3.8, 4) is 11.5 Å². The smallest absolute Gasteiger partial charge is 0.307 e. The molecular weight excluding hydrogens is 196 g/mol. The van der Waals surface area contributed by atoms with E-state index in [1.165, 1.54) is 6.07 Å². The Kier molecular flexibility index (Phi) is 3.55. The number of ether oxygens (including phenoxy) is 1. The molecule has 0 heterocycles. The number of carboxylic acids is 1. The first-order valence-electron chi connectivity index (χ1n) is 4.69. The van der Waals surface area contributed by atoms with E-state index in [-0.39, 0.29) is 18.3 Å². The number of carboxylic acid groups (broad SMARTS) is 1. The van der Waals surface area contributed by atoms with E-state index >= 15 is 0 Å². The van der Waals surface area contributed by atoms with E-state index in [2.05, 4.69) is 0 Å². The summed E-state index contributed by atoms with van der Waals surface area (Å²) in [4.78, 5) is 10.4. The zero-order valence-electron chi connectivity index (χ0n) is 8.73. The minimum atomic E-state index is -0.970. The molecule has 0 saturated heterocycles. The third-order valence-electron chi connectivity index (χ3n) is 1.77. The van der Waals surface area contributed by atoms with Crippen molar-refractivity contribution in [1.29, 1.82) is 0 Å². The van der Waals surface area contributed by atoms with Crippen LogP contribution in [0.5, 0.6) is 11.5 Å². The molecule has 0 aliphatic carbocycles. The number of carbonyl (C=O) groups is 1. The van der Waals surface area contributed by atoms with Crippen LogP contribution in [0.15, 0.2) is 18.2 Å². The maximum Gasteiger partial charge on any atom is 0.307 e. The van der Waals surface area contributed by atoms with Gasteiger partial charge in [0.1, 0.15) is 11.5 Å². The molecule has 0 radical (unpaired) electrons. The average Bonchev–Trinajstić information content (AvgIpc) is 2.08. The number of aliphatic carboxylic acids is 1. The van der Waals surface area contributed by atoms with Gasteiger partial charge in [-0.2, -0.15) is 0 Å². The highest BCUT2D eigenvalue weighted by atomic mass is 16.5. The third-order valence-corrected chi connectivity index (χ3v) is 1.77. The quantitative estimate of drug-likeness (QED) is 0.795. The Labute approximate surface area is 88.1 Å². The molecule has 82 valence electrons. The fourth-order valence-electron chi connectivity index (χ4n) is 1.20. The van der Waals surface area contributed by atoms with Crippen LogP contribution in [-0.2, 0) is 11.2 Å². The monoisotopic (exact) mass is 210 g/mol. The van der Waals surface area contributed by atoms with Gasteiger partial charge in [-0.05, 0) is 19.9 Å². The number of benzene rings is 1. The lowest BCUT2D eigenvalue weighted by Gasteiger charge is -2.10. The fraction of sp³-hybridized carbons (Fsp3) is 0.364. The molecule has 1 aromatic carbocycles. The van der Waals surface area contributed by atoms with Crippen LogP contribution in [0.1, 0.15) is 19.4 Å². The highest BCUT2D eigenvalue weighted by molar-refractivity contribution is 5.71. The summed E-state index contributed by atoms with van der Waals surface area (Å²) in [7, 11) is 0. The molecule has 0 amide bonds. The van der Waals surface area contributed by atoms with Crippen LogP contribution in [0.3, 0.4) is 0 Å². The van der Waals surface area contributed by atoms with E-state index < -0.39 is 5.97 Å². The Morgan fingerprint density at radius 2 is 2.13 bits per heavy atom. The lowest BCUT2D eigenvalue weighted by atomic mass is 10.1. The number of phenolic OH excluding ortho intramolecular Hbond substituents is 1. The molecule has 0 aromatic heterocycles. The first kappa shape index (κ1) is 11.4. The Morgan fingerprint density at radius 3 is 2.60 bits per heavy atom. The maximum absolute atomic E-state index is 10.4. The van der Waals surface area contributed by atoms with E-state index in [9.17, 15) is 9.90 Å². The number of phenols is 1. The van der Waals surface area contributed by atoms with E-state index in [0.29, 0.717) is 11.3 Å². The van der Waals surface area contributed by atoms with E-state index in [1.807, 2.05) is 13.8 Å². The second-order valence-corrected chi connectivity index (χ2v) is 3.53. The molecule has 0 bridgehead atoms. The van der Waals surface area contributed by atoms with Crippen molar-refractivity contribution in [3.63, 3.8) is 0 Å². The molecule has 4 heteroatoms. The van der Waals surface area contributed by atoms with Crippen LogP contribution >= 0.6 is 0 Å². The highest BCUT2D eigenvalue weighted by Crippen LogP contribution is 2.24. The summed E-state index contributed by atoms with van der Waals surface area (Å²) in [5.41, 5.74) is 0.388. The van der Waals surface area contributed by atoms with Crippen LogP contribution < -0.4 is 4.74 Å². The lowest BCUT2D eigenvalue weighted by Crippen LogP contribution is -2.06. The van der Waals surface area contributed by atoms with Crippen LogP contribution in [0, 0.1) is 0 Å². The topological polar surface area (TPSA) is 66.8 Å². The summed E-state index contributed by atoms with van der Waals surface area (Å²) in [5, 5.41) is 18.1. The maximum atomic E-state index is 10.4. The summed E-state index contributed by atoms with van der Waals surface area (Å²) >= 11 is 0. The van der Waals surface area contributed by atoms with Gasteiger partial charge in [-0.15, -0.1) is 0 Å². The van der Waals surface area contributed by atoms with Crippen molar-refractivity contribution < 1.29 is 19.7 Å². The van der Waals surface area contributed by atoms with Crippen molar-refractivity contribution in [2.75, 3.05) is 0 Å². The fourth-order valence-corrected chi connectivity index (χ4v) is 1.20. The minimum Gasteiger partial charge on any atom is -0.508 e. The van der Waals surface area contributed by atoms with Crippen molar-refractivity contribution >= 4 is 5.97 Å². The molecule has 0 fully saturated rings. The summed E-state index contributed by atoms with van der Waals surface area (Å²) in [5.74, 6) is -0.477. The van der Waals surface area contributed by atoms with Gasteiger partial charge in [-0.3, -0.25) is 4.79 Å². The number of aromatic hydroxyl groups is 1. The molecule has 0 aliphatic heterocycles. The predicted molar refractivity (Wildman–Crippen MR) is 55.2 cm³/mol. The van der Waals surface area contributed by atoms with Crippen LogP contribution in [-0.4, -0.2) is 22.3 Å². The Hall–Kier alpha value is -1.71. The molecule has 1 rings (SSSR count). The van der Waals surface area contributed by atoms with Crippen LogP contribution in [0.4, 0.5) is 0 Å². The zero-order chi connectivity index (χ0) is 11.4. The SMILES string of the molecule is CC(C)Oc1ccc(CC(=O)O)c(O)c1. The number of hydrogen-bond donors (Lipinski definition) is 2. The molecule has 0 aliphatic rings. The number of rotatable bonds is 4. The molecule has 15 heavy (non-hydrogen) atoms. The zero-order valence-corrected chi connectivity index (χ0v) is 8.73. The van der Waals surface area contributed by atoms with Crippen LogP contribution in [0.2, 0.25) is 0 Å². The second-order valence-electron chi connectivity index (χ2n) is 3.53. The second kappa shape index (κ2) is 4.68. The summed E-state index contributed by atoms with van der Waals surface area (Å²) in [6.07, 6.45) is -0.164. The lowest BCUT2D eigenvalue weighted by molar-refractivity contribution is -0.136. The standard InChI is InChI=1S/C11H14O4/c1-7(2)15-9-4-3-8(5-11(13)14)10(12)6-9/h3-4,6-7,12H,5H2,1-2H3,(H,13,14). The summed E-state index contributed by atoms with van der Waals surface area (Å²) in [6, 6.07) is 4.64. The first-order chi connectivity index (χ1) is 6.99. The molecule has 2 N–H and O–H groups in total. The summed E-state index contributed by atoms with van der Waals surface area (Å²) < 4.78 is 5.35. The van der Waals surface area contributed by atoms with Gasteiger partial charge >= 0.3 is 5.97 Å². The molecule has 0 saturated carbocycles. The molecule has 1 aromatic rings. The molecular formula is C11H14O4. The Morgan fingerprint density at radius 1 is 1.47 bits per heavy atom. The van der Waals surface area contributed by atoms with Crippen molar-refractivity contribution in [1.82, 2.24) is 0 Å². The van der Waals surface area contributed by atoms with E-state index in [1.54, 1.807) is 12.1 Å². The summed E-state index contributed by atoms with van der Waals surface area (Å²) in [6.45, 7) is 3.75. The average molecular weight is 210 g/mol. The van der Waals surface area contributed by atoms with Gasteiger partial charge < -0.3 is 14.9 Å². The van der Waals surface area contributed by atoms with Gasteiger partial charge in [0.25, 0.3) is 0 Å². The molecule has 4 nitrogen and oxygen atoms in total. The Bertz CT molecular complexity index is 358. The van der Waals surface area contributed by atoms with Crippen molar-refractivity contribution in [2.24, 2.45) is 0 Å². The number of hydrogen-bond acceptors (Lipinski definition) is 3. The minimum absolute atomic E-state index is 0.0229. The van der Waals surface area contributed by atoms with Gasteiger partial charge in [-0.25, -0.2) is 0 Å². The normalized spacial score (nSPS) is 10.3. The first-order valence-corrected chi connectivity index (χ1v) is 4.69. The van der Waals surface area contributed by atoms with E-state index in [0.717, 1.165) is 0 Å². The van der Waals surface area contributed by atoms with Crippen molar-refractivity contribution in [2.45, 2.75) is 26.4 Å².